The lowest BCUT2D eigenvalue weighted by Gasteiger charge is -2.10. The molecule has 12 heteroatoms. The van der Waals surface area contributed by atoms with Crippen LogP contribution in [0.3, 0.4) is 0 Å². The third-order valence-electron chi connectivity index (χ3n) is 4.24. The molecule has 174 valence electrons. The molecule has 0 atom stereocenters. The summed E-state index contributed by atoms with van der Waals surface area (Å²) in [6.45, 7) is 0.297. The van der Waals surface area contributed by atoms with E-state index in [-0.39, 0.29) is 28.9 Å². The lowest BCUT2D eigenvalue weighted by molar-refractivity contribution is -0.116. The van der Waals surface area contributed by atoms with E-state index in [4.69, 9.17) is 32.7 Å². The van der Waals surface area contributed by atoms with E-state index in [1.807, 2.05) is 0 Å². The van der Waals surface area contributed by atoms with Gasteiger partial charge >= 0.3 is 0 Å². The third kappa shape index (κ3) is 7.21. The molecule has 9 nitrogen and oxygen atoms in total. The number of rotatable bonds is 10. The average Bonchev–Trinajstić information content (AvgIpc) is 2.78. The van der Waals surface area contributed by atoms with Crippen molar-refractivity contribution in [3.8, 4) is 11.6 Å². The maximum atomic E-state index is 12.5. The zero-order chi connectivity index (χ0) is 23.8. The monoisotopic (exact) mass is 510 g/mol. The van der Waals surface area contributed by atoms with E-state index >= 15 is 0 Å². The van der Waals surface area contributed by atoms with Crippen molar-refractivity contribution in [2.24, 2.45) is 0 Å². The predicted molar refractivity (Wildman–Crippen MR) is 126 cm³/mol. The van der Waals surface area contributed by atoms with Crippen molar-refractivity contribution < 1.29 is 22.7 Å². The molecule has 0 aliphatic heterocycles. The molecular weight excluding hydrogens is 491 g/mol. The SMILES string of the molecule is COc1cc(NS(=O)(=O)c2ccc(NC(=O)CCCOc3ccc(Cl)cc3Cl)cc2)ncn1. The maximum Gasteiger partial charge on any atom is 0.263 e. The van der Waals surface area contributed by atoms with E-state index in [2.05, 4.69) is 20.0 Å². The Kier molecular flexibility index (Phi) is 8.32. The summed E-state index contributed by atoms with van der Waals surface area (Å²) in [5.41, 5.74) is 0.462. The molecule has 0 radical (unpaired) electrons. The van der Waals surface area contributed by atoms with Crippen LogP contribution in [0.15, 0.2) is 59.8 Å². The molecule has 0 saturated heterocycles. The van der Waals surface area contributed by atoms with Crippen molar-refractivity contribution in [2.75, 3.05) is 23.8 Å². The maximum absolute atomic E-state index is 12.5. The first kappa shape index (κ1) is 24.6. The zero-order valence-corrected chi connectivity index (χ0v) is 19.7. The van der Waals surface area contributed by atoms with Gasteiger partial charge in [-0.25, -0.2) is 18.4 Å². The van der Waals surface area contributed by atoms with E-state index < -0.39 is 10.0 Å². The summed E-state index contributed by atoms with van der Waals surface area (Å²) in [5, 5.41) is 3.62. The molecule has 0 fully saturated rings. The average molecular weight is 511 g/mol. The lowest BCUT2D eigenvalue weighted by atomic mass is 10.2. The Balaban J connectivity index is 1.49. The normalized spacial score (nSPS) is 11.0. The molecule has 1 amide bonds. The van der Waals surface area contributed by atoms with Crippen molar-refractivity contribution in [1.82, 2.24) is 9.97 Å². The number of nitrogens with zero attached hydrogens (tertiary/aromatic N) is 2. The number of aromatic nitrogens is 2. The van der Waals surface area contributed by atoms with Crippen molar-refractivity contribution >= 4 is 50.6 Å². The molecule has 0 aliphatic rings. The number of amides is 1. The van der Waals surface area contributed by atoms with Crippen LogP contribution in [0.1, 0.15) is 12.8 Å². The Morgan fingerprint density at radius 1 is 1.06 bits per heavy atom. The highest BCUT2D eigenvalue weighted by Gasteiger charge is 2.16. The first-order chi connectivity index (χ1) is 15.8. The van der Waals surface area contributed by atoms with Gasteiger partial charge in [0.25, 0.3) is 10.0 Å². The van der Waals surface area contributed by atoms with Gasteiger partial charge in [-0.2, -0.15) is 0 Å². The summed E-state index contributed by atoms with van der Waals surface area (Å²) in [6, 6.07) is 12.0. The van der Waals surface area contributed by atoms with Gasteiger partial charge in [-0.3, -0.25) is 9.52 Å². The number of carbonyl (C=O) groups is 1. The lowest BCUT2D eigenvalue weighted by Crippen LogP contribution is -2.15. The second-order valence-electron chi connectivity index (χ2n) is 6.65. The van der Waals surface area contributed by atoms with Gasteiger partial charge in [-0.1, -0.05) is 23.2 Å². The van der Waals surface area contributed by atoms with Gasteiger partial charge in [0, 0.05) is 23.2 Å². The van der Waals surface area contributed by atoms with E-state index in [9.17, 15) is 13.2 Å². The van der Waals surface area contributed by atoms with E-state index in [1.165, 1.54) is 43.8 Å². The second-order valence-corrected chi connectivity index (χ2v) is 9.18. The summed E-state index contributed by atoms with van der Waals surface area (Å²) < 4.78 is 37.9. The molecule has 3 rings (SSSR count). The molecule has 2 aromatic carbocycles. The van der Waals surface area contributed by atoms with Gasteiger partial charge in [0.05, 0.1) is 23.6 Å². The minimum atomic E-state index is -3.88. The number of ether oxygens (including phenoxy) is 2. The first-order valence-electron chi connectivity index (χ1n) is 9.63. The van der Waals surface area contributed by atoms with Crippen molar-refractivity contribution in [2.45, 2.75) is 17.7 Å². The first-order valence-corrected chi connectivity index (χ1v) is 11.9. The second kappa shape index (κ2) is 11.2. The van der Waals surface area contributed by atoms with Crippen molar-refractivity contribution in [1.29, 1.82) is 0 Å². The summed E-state index contributed by atoms with van der Waals surface area (Å²) in [5.74, 6) is 0.554. The van der Waals surface area contributed by atoms with Crippen LogP contribution in [0.25, 0.3) is 0 Å². The van der Waals surface area contributed by atoms with Gasteiger partial charge in [-0.05, 0) is 48.9 Å². The number of nitrogens with one attached hydrogen (secondary N) is 2. The fraction of sp³-hybridized carbons (Fsp3) is 0.190. The van der Waals surface area contributed by atoms with E-state index in [0.717, 1.165) is 0 Å². The Morgan fingerprint density at radius 2 is 1.82 bits per heavy atom. The minimum absolute atomic E-state index is 0.00585. The van der Waals surface area contributed by atoms with E-state index in [0.29, 0.717) is 34.5 Å². The minimum Gasteiger partial charge on any atom is -0.492 e. The molecule has 0 unspecified atom stereocenters. The zero-order valence-electron chi connectivity index (χ0n) is 17.4. The number of methoxy groups -OCH3 is 1. The van der Waals surface area contributed by atoms with Crippen LogP contribution in [0.5, 0.6) is 11.6 Å². The molecule has 1 heterocycles. The topological polar surface area (TPSA) is 120 Å². The fourth-order valence-electron chi connectivity index (χ4n) is 2.65. The van der Waals surface area contributed by atoms with Gasteiger partial charge in [0.2, 0.25) is 11.8 Å². The van der Waals surface area contributed by atoms with Gasteiger partial charge in [-0.15, -0.1) is 0 Å². The smallest absolute Gasteiger partial charge is 0.263 e. The number of halogens is 2. The number of hydrogen-bond acceptors (Lipinski definition) is 7. The molecule has 1 aromatic heterocycles. The summed E-state index contributed by atoms with van der Waals surface area (Å²) in [7, 11) is -2.47. The Morgan fingerprint density at radius 3 is 2.52 bits per heavy atom. The van der Waals surface area contributed by atoms with Gasteiger partial charge in [0.1, 0.15) is 17.9 Å². The molecular formula is C21H20Cl2N4O5S. The number of anilines is 2. The van der Waals surface area contributed by atoms with Crippen molar-refractivity contribution in [3.05, 3.63) is 64.9 Å². The number of hydrogen-bond donors (Lipinski definition) is 2. The Bertz CT molecular complexity index is 1220. The predicted octanol–water partition coefficient (Wildman–Crippen LogP) is 4.39. The van der Waals surface area contributed by atoms with Crippen molar-refractivity contribution in [3.63, 3.8) is 0 Å². The molecule has 0 spiro atoms. The number of carbonyl (C=O) groups excluding carboxylic acids is 1. The largest absolute Gasteiger partial charge is 0.492 e. The summed E-state index contributed by atoms with van der Waals surface area (Å²) >= 11 is 11.9. The Labute approximate surface area is 201 Å². The van der Waals surface area contributed by atoms with Crippen LogP contribution < -0.4 is 19.5 Å². The highest BCUT2D eigenvalue weighted by molar-refractivity contribution is 7.92. The van der Waals surface area contributed by atoms with Crippen LogP contribution in [0.4, 0.5) is 11.5 Å². The van der Waals surface area contributed by atoms with Gasteiger partial charge < -0.3 is 14.8 Å². The Hall–Kier alpha value is -3.08. The third-order valence-corrected chi connectivity index (χ3v) is 6.14. The standard InChI is InChI=1S/C21H20Cl2N4O5S/c1-31-21-12-19(24-13-25-21)27-33(29,30)16-7-5-15(6-8-16)26-20(28)3-2-10-32-18-9-4-14(22)11-17(18)23/h4-9,11-13H,2-3,10H2,1H3,(H,26,28)(H,24,25,27). The molecule has 0 aliphatic carbocycles. The number of sulfonamides is 1. The highest BCUT2D eigenvalue weighted by atomic mass is 35.5. The molecule has 33 heavy (non-hydrogen) atoms. The molecule has 2 N–H and O–H groups in total. The fourth-order valence-corrected chi connectivity index (χ4v) is 4.11. The van der Waals surface area contributed by atoms with Crippen LogP contribution in [0.2, 0.25) is 10.0 Å². The van der Waals surface area contributed by atoms with Crippen LogP contribution >= 0.6 is 23.2 Å². The van der Waals surface area contributed by atoms with Crippen LogP contribution in [0, 0.1) is 0 Å². The highest BCUT2D eigenvalue weighted by Crippen LogP contribution is 2.27. The van der Waals surface area contributed by atoms with Gasteiger partial charge in [0.15, 0.2) is 0 Å². The molecule has 3 aromatic rings. The number of benzene rings is 2. The van der Waals surface area contributed by atoms with Crippen LogP contribution in [-0.2, 0) is 14.8 Å². The van der Waals surface area contributed by atoms with E-state index in [1.54, 1.807) is 18.2 Å². The van der Waals surface area contributed by atoms with Crippen LogP contribution in [-0.4, -0.2) is 38.0 Å². The quantitative estimate of drug-likeness (QED) is 0.388. The molecule has 0 bridgehead atoms. The summed E-state index contributed by atoms with van der Waals surface area (Å²) in [6.07, 6.45) is 1.86. The molecule has 0 saturated carbocycles. The summed E-state index contributed by atoms with van der Waals surface area (Å²) in [4.78, 5) is 19.8.